The number of carbonyl (C=O) groups excluding carboxylic acids is 1. The molecule has 0 bridgehead atoms. The number of hydrogen-bond donors (Lipinski definition) is 1. The minimum Gasteiger partial charge on any atom is -0.494 e. The lowest BCUT2D eigenvalue weighted by molar-refractivity contribution is -0.113. The first kappa shape index (κ1) is 26.5. The SMILES string of the molecule is CCOc1ccc(-c2cc(-c3ccccc3)c(C#N)c(SCC(=O)Nc3sc4c(c3C#N)CCCC4)n2)cc1. The van der Waals surface area contributed by atoms with Gasteiger partial charge in [0.2, 0.25) is 5.91 Å². The Balaban J connectivity index is 1.44. The third-order valence-electron chi connectivity index (χ3n) is 6.52. The van der Waals surface area contributed by atoms with Crippen LogP contribution in [-0.2, 0) is 17.6 Å². The Morgan fingerprint density at radius 2 is 1.77 bits per heavy atom. The van der Waals surface area contributed by atoms with Gasteiger partial charge in [-0.15, -0.1) is 11.3 Å². The number of rotatable bonds is 8. The van der Waals surface area contributed by atoms with Gasteiger partial charge in [0.05, 0.1) is 29.2 Å². The Labute approximate surface area is 236 Å². The third-order valence-corrected chi connectivity index (χ3v) is 8.70. The van der Waals surface area contributed by atoms with Gasteiger partial charge >= 0.3 is 0 Å². The quantitative estimate of drug-likeness (QED) is 0.232. The highest BCUT2D eigenvalue weighted by molar-refractivity contribution is 8.00. The van der Waals surface area contributed by atoms with Gasteiger partial charge in [-0.3, -0.25) is 4.79 Å². The molecule has 194 valence electrons. The van der Waals surface area contributed by atoms with E-state index in [4.69, 9.17) is 9.72 Å². The third kappa shape index (κ3) is 5.83. The van der Waals surface area contributed by atoms with Crippen molar-refractivity contribution in [1.82, 2.24) is 4.98 Å². The Morgan fingerprint density at radius 1 is 1.03 bits per heavy atom. The van der Waals surface area contributed by atoms with Crippen LogP contribution in [0.3, 0.4) is 0 Å². The lowest BCUT2D eigenvalue weighted by atomic mass is 9.96. The highest BCUT2D eigenvalue weighted by Gasteiger charge is 2.22. The fraction of sp³-hybridized carbons (Fsp3) is 0.226. The van der Waals surface area contributed by atoms with E-state index in [9.17, 15) is 15.3 Å². The van der Waals surface area contributed by atoms with E-state index < -0.39 is 0 Å². The Morgan fingerprint density at radius 3 is 2.49 bits per heavy atom. The largest absolute Gasteiger partial charge is 0.494 e. The van der Waals surface area contributed by atoms with E-state index in [1.54, 1.807) is 0 Å². The summed E-state index contributed by atoms with van der Waals surface area (Å²) >= 11 is 2.73. The van der Waals surface area contributed by atoms with Crippen LogP contribution < -0.4 is 10.1 Å². The number of thiophene rings is 1. The Hall–Kier alpha value is -4.11. The molecule has 2 aromatic heterocycles. The first-order chi connectivity index (χ1) is 19.1. The van der Waals surface area contributed by atoms with Gasteiger partial charge in [-0.25, -0.2) is 4.98 Å². The maximum absolute atomic E-state index is 13.0. The van der Waals surface area contributed by atoms with E-state index in [1.165, 1.54) is 28.0 Å². The van der Waals surface area contributed by atoms with E-state index in [1.807, 2.05) is 67.6 Å². The van der Waals surface area contributed by atoms with Crippen molar-refractivity contribution in [3.63, 3.8) is 0 Å². The van der Waals surface area contributed by atoms with Crippen molar-refractivity contribution < 1.29 is 9.53 Å². The van der Waals surface area contributed by atoms with Gasteiger partial charge in [-0.2, -0.15) is 10.5 Å². The number of thioether (sulfide) groups is 1. The van der Waals surface area contributed by atoms with Crippen LogP contribution in [0, 0.1) is 22.7 Å². The lowest BCUT2D eigenvalue weighted by Crippen LogP contribution is -2.14. The molecule has 1 aliphatic rings. The van der Waals surface area contributed by atoms with Crippen molar-refractivity contribution in [2.75, 3.05) is 17.7 Å². The van der Waals surface area contributed by atoms with Crippen molar-refractivity contribution in [3.05, 3.63) is 82.2 Å². The molecule has 0 atom stereocenters. The molecule has 1 N–H and O–H groups in total. The van der Waals surface area contributed by atoms with E-state index in [0.29, 0.717) is 33.5 Å². The summed E-state index contributed by atoms with van der Waals surface area (Å²) in [5, 5.41) is 23.9. The Kier molecular flexibility index (Phi) is 8.27. The summed E-state index contributed by atoms with van der Waals surface area (Å²) in [6.45, 7) is 2.52. The lowest BCUT2D eigenvalue weighted by Gasteiger charge is -2.13. The highest BCUT2D eigenvalue weighted by atomic mass is 32.2. The van der Waals surface area contributed by atoms with Crippen molar-refractivity contribution in [1.29, 1.82) is 10.5 Å². The number of benzene rings is 2. The zero-order chi connectivity index (χ0) is 27.2. The molecule has 0 aliphatic heterocycles. The van der Waals surface area contributed by atoms with Crippen LogP contribution in [0.25, 0.3) is 22.4 Å². The number of aromatic nitrogens is 1. The highest BCUT2D eigenvalue weighted by Crippen LogP contribution is 2.38. The molecule has 2 aromatic carbocycles. The molecule has 6 nitrogen and oxygen atoms in total. The van der Waals surface area contributed by atoms with Crippen LogP contribution in [0.15, 0.2) is 65.7 Å². The number of nitrogens with zero attached hydrogens (tertiary/aromatic N) is 3. The smallest absolute Gasteiger partial charge is 0.235 e. The topological polar surface area (TPSA) is 98.8 Å². The molecule has 0 spiro atoms. The van der Waals surface area contributed by atoms with Gasteiger partial charge in [-0.1, -0.05) is 42.1 Å². The van der Waals surface area contributed by atoms with Gasteiger partial charge in [-0.05, 0) is 74.1 Å². The van der Waals surface area contributed by atoms with E-state index in [2.05, 4.69) is 17.5 Å². The molecule has 0 saturated heterocycles. The monoisotopic (exact) mass is 550 g/mol. The average molecular weight is 551 g/mol. The molecule has 1 amide bonds. The van der Waals surface area contributed by atoms with Gasteiger partial charge in [0.15, 0.2) is 0 Å². The zero-order valence-electron chi connectivity index (χ0n) is 21.5. The number of nitriles is 2. The number of ether oxygens (including phenoxy) is 1. The van der Waals surface area contributed by atoms with Crippen LogP contribution in [-0.4, -0.2) is 23.3 Å². The minimum absolute atomic E-state index is 0.0656. The molecule has 8 heteroatoms. The van der Waals surface area contributed by atoms with Gasteiger partial charge in [0.1, 0.15) is 27.9 Å². The number of pyridine rings is 1. The van der Waals surface area contributed by atoms with E-state index >= 15 is 0 Å². The number of aryl methyl sites for hydroxylation is 1. The zero-order valence-corrected chi connectivity index (χ0v) is 23.1. The number of nitrogens with one attached hydrogen (secondary N) is 1. The van der Waals surface area contributed by atoms with Crippen LogP contribution in [0.5, 0.6) is 5.75 Å². The fourth-order valence-electron chi connectivity index (χ4n) is 4.68. The number of carbonyl (C=O) groups is 1. The van der Waals surface area contributed by atoms with Crippen molar-refractivity contribution in [3.8, 4) is 40.3 Å². The van der Waals surface area contributed by atoms with Gasteiger partial charge in [0.25, 0.3) is 0 Å². The fourth-order valence-corrected chi connectivity index (χ4v) is 6.74. The summed E-state index contributed by atoms with van der Waals surface area (Å²) in [6.07, 6.45) is 4.02. The Bertz CT molecular complexity index is 1580. The second kappa shape index (κ2) is 12.2. The van der Waals surface area contributed by atoms with Crippen LogP contribution in [0.4, 0.5) is 5.00 Å². The summed E-state index contributed by atoms with van der Waals surface area (Å²) in [4.78, 5) is 19.0. The van der Waals surface area contributed by atoms with Crippen molar-refractivity contribution in [2.45, 2.75) is 37.6 Å². The molecule has 4 aromatic rings. The van der Waals surface area contributed by atoms with Crippen LogP contribution >= 0.6 is 23.1 Å². The van der Waals surface area contributed by atoms with Gasteiger partial charge in [0, 0.05) is 16.0 Å². The standard InChI is InChI=1S/C31H26N4O2S2/c1-2-37-22-14-12-21(13-15-22)27-16-24(20-8-4-3-5-9-20)26(18-33)30(34-27)38-19-29(36)35-31-25(17-32)23-10-6-7-11-28(23)39-31/h3-5,8-9,12-16H,2,6-7,10-11,19H2,1H3,(H,35,36). The van der Waals surface area contributed by atoms with Crippen molar-refractivity contribution in [2.24, 2.45) is 0 Å². The molecule has 0 saturated carbocycles. The summed E-state index contributed by atoms with van der Waals surface area (Å²) in [5.74, 6) is 0.612. The molecule has 2 heterocycles. The molecule has 39 heavy (non-hydrogen) atoms. The molecule has 0 unspecified atom stereocenters. The molecule has 0 radical (unpaired) electrons. The summed E-state index contributed by atoms with van der Waals surface area (Å²) < 4.78 is 5.58. The van der Waals surface area contributed by atoms with Crippen LogP contribution in [0.1, 0.15) is 41.3 Å². The van der Waals surface area contributed by atoms with E-state index in [-0.39, 0.29) is 11.7 Å². The second-order valence-electron chi connectivity index (χ2n) is 9.03. The predicted molar refractivity (Wildman–Crippen MR) is 156 cm³/mol. The predicted octanol–water partition coefficient (Wildman–Crippen LogP) is 7.23. The normalized spacial score (nSPS) is 12.2. The summed E-state index contributed by atoms with van der Waals surface area (Å²) in [6, 6.07) is 23.9. The number of anilines is 1. The maximum Gasteiger partial charge on any atom is 0.235 e. The second-order valence-corrected chi connectivity index (χ2v) is 11.1. The van der Waals surface area contributed by atoms with Crippen LogP contribution in [0.2, 0.25) is 0 Å². The van der Waals surface area contributed by atoms with E-state index in [0.717, 1.165) is 53.7 Å². The maximum atomic E-state index is 13.0. The van der Waals surface area contributed by atoms with Crippen molar-refractivity contribution >= 4 is 34.0 Å². The molecule has 5 rings (SSSR count). The average Bonchev–Trinajstić information content (AvgIpc) is 3.33. The molecule has 0 fully saturated rings. The first-order valence-electron chi connectivity index (χ1n) is 12.8. The number of amides is 1. The molecule has 1 aliphatic carbocycles. The first-order valence-corrected chi connectivity index (χ1v) is 14.6. The molecular formula is C31H26N4O2S2. The molecular weight excluding hydrogens is 525 g/mol. The minimum atomic E-state index is -0.228. The summed E-state index contributed by atoms with van der Waals surface area (Å²) in [7, 11) is 0. The number of fused-ring (bicyclic) bond motifs is 1. The van der Waals surface area contributed by atoms with Gasteiger partial charge < -0.3 is 10.1 Å². The summed E-state index contributed by atoms with van der Waals surface area (Å²) in [5.41, 5.74) is 5.35. The number of hydrogen-bond acceptors (Lipinski definition) is 7.